The van der Waals surface area contributed by atoms with Crippen LogP contribution in [0.15, 0.2) is 41.3 Å². The Labute approximate surface area is 163 Å². The van der Waals surface area contributed by atoms with Crippen molar-refractivity contribution in [3.63, 3.8) is 0 Å². The molecule has 9 heteroatoms. The molecule has 0 aliphatic carbocycles. The van der Waals surface area contributed by atoms with Gasteiger partial charge in [0.15, 0.2) is 0 Å². The largest absolute Gasteiger partial charge is 0.496 e. The highest BCUT2D eigenvalue weighted by atomic mass is 35.5. The second-order valence-electron chi connectivity index (χ2n) is 5.54. The van der Waals surface area contributed by atoms with Crippen molar-refractivity contribution in [2.24, 2.45) is 0 Å². The second-order valence-corrected chi connectivity index (χ2v) is 7.99. The van der Waals surface area contributed by atoms with E-state index in [-0.39, 0.29) is 22.0 Å². The van der Waals surface area contributed by atoms with Crippen LogP contribution in [0.5, 0.6) is 11.5 Å². The third kappa shape index (κ3) is 4.35. The number of ether oxygens (including phenoxy) is 3. The van der Waals surface area contributed by atoms with E-state index < -0.39 is 16.0 Å². The first-order valence-electron chi connectivity index (χ1n) is 7.80. The van der Waals surface area contributed by atoms with Crippen molar-refractivity contribution in [2.45, 2.75) is 11.4 Å². The summed E-state index contributed by atoms with van der Waals surface area (Å²) < 4.78 is 42.3. The molecule has 0 unspecified atom stereocenters. The lowest BCUT2D eigenvalue weighted by atomic mass is 10.1. The first-order valence-corrected chi connectivity index (χ1v) is 9.62. The van der Waals surface area contributed by atoms with Crippen LogP contribution in [0.2, 0.25) is 5.02 Å². The van der Waals surface area contributed by atoms with Crippen LogP contribution < -0.4 is 9.47 Å². The van der Waals surface area contributed by atoms with Gasteiger partial charge in [0.2, 0.25) is 10.0 Å². The van der Waals surface area contributed by atoms with Gasteiger partial charge < -0.3 is 14.2 Å². The minimum Gasteiger partial charge on any atom is -0.496 e. The highest BCUT2D eigenvalue weighted by molar-refractivity contribution is 7.89. The summed E-state index contributed by atoms with van der Waals surface area (Å²) in [4.78, 5) is 11.7. The fourth-order valence-corrected chi connectivity index (χ4v) is 3.86. The molecule has 0 radical (unpaired) electrons. The average Bonchev–Trinajstić information content (AvgIpc) is 2.67. The Morgan fingerprint density at radius 3 is 2.19 bits per heavy atom. The molecule has 0 heterocycles. The molecule has 0 fully saturated rings. The SMILES string of the molecule is COC(=O)c1cc(S(=O)(=O)N(C)Cc2c(OC)cccc2OC)ccc1Cl. The third-order valence-electron chi connectivity index (χ3n) is 3.96. The summed E-state index contributed by atoms with van der Waals surface area (Å²) in [5.41, 5.74) is 0.555. The van der Waals surface area contributed by atoms with E-state index in [0.717, 1.165) is 4.31 Å². The molecule has 0 spiro atoms. The van der Waals surface area contributed by atoms with Crippen LogP contribution in [0.4, 0.5) is 0 Å². The molecular formula is C18H20ClNO6S. The molecule has 0 amide bonds. The summed E-state index contributed by atoms with van der Waals surface area (Å²) in [5, 5.41) is 0.106. The van der Waals surface area contributed by atoms with Gasteiger partial charge in [-0.3, -0.25) is 0 Å². The lowest BCUT2D eigenvalue weighted by molar-refractivity contribution is 0.0600. The number of nitrogens with zero attached hydrogens (tertiary/aromatic N) is 1. The smallest absolute Gasteiger partial charge is 0.339 e. The molecule has 27 heavy (non-hydrogen) atoms. The van der Waals surface area contributed by atoms with E-state index in [0.29, 0.717) is 17.1 Å². The van der Waals surface area contributed by atoms with Crippen LogP contribution >= 0.6 is 11.6 Å². The van der Waals surface area contributed by atoms with Crippen molar-refractivity contribution in [3.8, 4) is 11.5 Å². The summed E-state index contributed by atoms with van der Waals surface area (Å²) in [5.74, 6) is 0.289. The second kappa shape index (κ2) is 8.60. The summed E-state index contributed by atoms with van der Waals surface area (Å²) >= 11 is 5.97. The van der Waals surface area contributed by atoms with Crippen LogP contribution in [0, 0.1) is 0 Å². The molecule has 0 saturated heterocycles. The highest BCUT2D eigenvalue weighted by Gasteiger charge is 2.25. The molecule has 0 atom stereocenters. The zero-order chi connectivity index (χ0) is 20.2. The van der Waals surface area contributed by atoms with E-state index in [1.807, 2.05) is 0 Å². The van der Waals surface area contributed by atoms with Crippen molar-refractivity contribution in [1.82, 2.24) is 4.31 Å². The molecule has 0 saturated carbocycles. The molecule has 2 rings (SSSR count). The zero-order valence-electron chi connectivity index (χ0n) is 15.4. The lowest BCUT2D eigenvalue weighted by Crippen LogP contribution is -2.27. The third-order valence-corrected chi connectivity index (χ3v) is 6.09. The molecule has 0 aliphatic rings. The monoisotopic (exact) mass is 413 g/mol. The zero-order valence-corrected chi connectivity index (χ0v) is 16.9. The van der Waals surface area contributed by atoms with Crippen LogP contribution in [0.25, 0.3) is 0 Å². The first kappa shape index (κ1) is 21.0. The van der Waals surface area contributed by atoms with Gasteiger partial charge in [0.25, 0.3) is 0 Å². The molecule has 2 aromatic carbocycles. The maximum Gasteiger partial charge on any atom is 0.339 e. The van der Waals surface area contributed by atoms with Crippen LogP contribution in [0.1, 0.15) is 15.9 Å². The number of halogens is 1. The number of hydrogen-bond acceptors (Lipinski definition) is 6. The van der Waals surface area contributed by atoms with Crippen LogP contribution in [-0.2, 0) is 21.3 Å². The van der Waals surface area contributed by atoms with E-state index in [2.05, 4.69) is 4.74 Å². The van der Waals surface area contributed by atoms with Crippen molar-refractivity contribution in [2.75, 3.05) is 28.4 Å². The molecule has 0 bridgehead atoms. The van der Waals surface area contributed by atoms with Crippen molar-refractivity contribution in [3.05, 3.63) is 52.5 Å². The van der Waals surface area contributed by atoms with Crippen molar-refractivity contribution in [1.29, 1.82) is 0 Å². The predicted molar refractivity (Wildman–Crippen MR) is 101 cm³/mol. The summed E-state index contributed by atoms with van der Waals surface area (Å²) in [6.45, 7) is 0.00566. The van der Waals surface area contributed by atoms with Gasteiger partial charge >= 0.3 is 5.97 Å². The van der Waals surface area contributed by atoms with E-state index in [4.69, 9.17) is 21.1 Å². The standard InChI is InChI=1S/C18H20ClNO6S/c1-20(11-14-16(24-2)6-5-7-17(14)25-3)27(22,23)12-8-9-15(19)13(10-12)18(21)26-4/h5-10H,11H2,1-4H3. The number of rotatable bonds is 7. The lowest BCUT2D eigenvalue weighted by Gasteiger charge is -2.20. The summed E-state index contributed by atoms with van der Waals surface area (Å²) in [7, 11) is 1.70. The molecule has 2 aromatic rings. The van der Waals surface area contributed by atoms with Gasteiger partial charge in [-0.15, -0.1) is 0 Å². The minimum absolute atomic E-state index is 0.00566. The fraction of sp³-hybridized carbons (Fsp3) is 0.278. The Hall–Kier alpha value is -2.29. The van der Waals surface area contributed by atoms with Gasteiger partial charge in [0.05, 0.1) is 42.4 Å². The molecule has 7 nitrogen and oxygen atoms in total. The molecular weight excluding hydrogens is 394 g/mol. The molecule has 146 valence electrons. The maximum atomic E-state index is 13.0. The van der Waals surface area contributed by atoms with E-state index in [9.17, 15) is 13.2 Å². The number of sulfonamides is 1. The number of carbonyl (C=O) groups is 1. The van der Waals surface area contributed by atoms with Gasteiger partial charge in [-0.05, 0) is 30.3 Å². The van der Waals surface area contributed by atoms with Gasteiger partial charge in [-0.1, -0.05) is 17.7 Å². The minimum atomic E-state index is -3.91. The first-order chi connectivity index (χ1) is 12.8. The maximum absolute atomic E-state index is 13.0. The predicted octanol–water partition coefficient (Wildman–Crippen LogP) is 2.96. The van der Waals surface area contributed by atoms with Crippen LogP contribution in [0.3, 0.4) is 0 Å². The molecule has 0 aliphatic heterocycles. The Morgan fingerprint density at radius 2 is 1.67 bits per heavy atom. The topological polar surface area (TPSA) is 82.1 Å². The van der Waals surface area contributed by atoms with Crippen LogP contribution in [-0.4, -0.2) is 47.1 Å². The number of benzene rings is 2. The van der Waals surface area contributed by atoms with E-state index in [1.54, 1.807) is 18.2 Å². The number of esters is 1. The van der Waals surface area contributed by atoms with Gasteiger partial charge in [0, 0.05) is 13.6 Å². The molecule has 0 aromatic heterocycles. The van der Waals surface area contributed by atoms with E-state index >= 15 is 0 Å². The van der Waals surface area contributed by atoms with Gasteiger partial charge in [-0.25, -0.2) is 13.2 Å². The number of methoxy groups -OCH3 is 3. The van der Waals surface area contributed by atoms with Crippen molar-refractivity contribution >= 4 is 27.6 Å². The van der Waals surface area contributed by atoms with Crippen molar-refractivity contribution < 1.29 is 27.4 Å². The highest BCUT2D eigenvalue weighted by Crippen LogP contribution is 2.31. The van der Waals surface area contributed by atoms with Gasteiger partial charge in [0.1, 0.15) is 11.5 Å². The number of carbonyl (C=O) groups excluding carboxylic acids is 1. The quantitative estimate of drug-likeness (QED) is 0.649. The van der Waals surface area contributed by atoms with E-state index in [1.165, 1.54) is 46.6 Å². The Bertz CT molecular complexity index is 923. The Morgan fingerprint density at radius 1 is 1.07 bits per heavy atom. The van der Waals surface area contributed by atoms with Gasteiger partial charge in [-0.2, -0.15) is 4.31 Å². The average molecular weight is 414 g/mol. The Kier molecular flexibility index (Phi) is 6.69. The number of hydrogen-bond donors (Lipinski definition) is 0. The fourth-order valence-electron chi connectivity index (χ4n) is 2.50. The Balaban J connectivity index is 2.42. The summed E-state index contributed by atoms with van der Waals surface area (Å²) in [6.07, 6.45) is 0. The molecule has 0 N–H and O–H groups in total. The summed E-state index contributed by atoms with van der Waals surface area (Å²) in [6, 6.07) is 9.06. The normalized spacial score (nSPS) is 11.3.